The Balaban J connectivity index is 2.10. The van der Waals surface area contributed by atoms with Gasteiger partial charge in [-0.15, -0.1) is 0 Å². The monoisotopic (exact) mass is 365 g/mol. The molecule has 0 aliphatic heterocycles. The second kappa shape index (κ2) is 8.61. The Morgan fingerprint density at radius 1 is 1.28 bits per heavy atom. The Bertz CT molecular complexity index is 623. The van der Waals surface area contributed by atoms with Crippen LogP contribution in [0.15, 0.2) is 12.1 Å². The van der Waals surface area contributed by atoms with Gasteiger partial charge in [0.15, 0.2) is 6.61 Å². The van der Waals surface area contributed by atoms with Crippen molar-refractivity contribution < 1.29 is 19.4 Å². The molecule has 0 spiro atoms. The smallest absolute Gasteiger partial charge is 0.341 e. The summed E-state index contributed by atoms with van der Waals surface area (Å²) in [4.78, 5) is 25.4. The lowest BCUT2D eigenvalue weighted by Crippen LogP contribution is -2.35. The summed E-state index contributed by atoms with van der Waals surface area (Å²) >= 11 is 1.98. The van der Waals surface area contributed by atoms with Gasteiger partial charge in [0.1, 0.15) is 5.75 Å². The van der Waals surface area contributed by atoms with Gasteiger partial charge in [-0.1, -0.05) is 6.92 Å². The number of hydrogen-bond acceptors (Lipinski definition) is 4. The van der Waals surface area contributed by atoms with E-state index in [-0.39, 0.29) is 12.5 Å². The van der Waals surface area contributed by atoms with E-state index < -0.39 is 5.97 Å². The summed E-state index contributed by atoms with van der Waals surface area (Å²) in [6, 6.07) is 3.87. The van der Waals surface area contributed by atoms with Gasteiger partial charge in [0, 0.05) is 23.9 Å². The number of carboxylic acids is 1. The van der Waals surface area contributed by atoms with Crippen LogP contribution in [0.5, 0.6) is 5.75 Å². The molecule has 1 amide bonds. The molecule has 1 saturated carbocycles. The van der Waals surface area contributed by atoms with Crippen LogP contribution in [0.4, 0.5) is 0 Å². The number of carboxylic acid groups (broad SMARTS) is 1. The molecule has 1 fully saturated rings. The molecule has 1 N–H and O–H groups in total. The normalized spacial score (nSPS) is 19.7. The van der Waals surface area contributed by atoms with Crippen molar-refractivity contribution in [1.82, 2.24) is 4.90 Å². The van der Waals surface area contributed by atoms with E-state index in [0.29, 0.717) is 22.6 Å². The third-order valence-electron chi connectivity index (χ3n) is 4.67. The van der Waals surface area contributed by atoms with Gasteiger partial charge in [-0.25, -0.2) is 4.79 Å². The molecule has 0 radical (unpaired) electrons. The lowest BCUT2D eigenvalue weighted by molar-refractivity contribution is -0.139. The Hall–Kier alpha value is -1.69. The highest BCUT2D eigenvalue weighted by molar-refractivity contribution is 7.99. The van der Waals surface area contributed by atoms with Crippen LogP contribution < -0.4 is 4.74 Å². The van der Waals surface area contributed by atoms with Crippen molar-refractivity contribution in [1.29, 1.82) is 0 Å². The summed E-state index contributed by atoms with van der Waals surface area (Å²) < 4.78 is 5.34. The molecule has 1 aliphatic carbocycles. The van der Waals surface area contributed by atoms with E-state index in [4.69, 9.17) is 9.84 Å². The number of aryl methyl sites for hydroxylation is 2. The first-order valence-electron chi connectivity index (χ1n) is 8.68. The van der Waals surface area contributed by atoms with Crippen molar-refractivity contribution >= 4 is 23.6 Å². The summed E-state index contributed by atoms with van der Waals surface area (Å²) in [5.41, 5.74) is 2.19. The quantitative estimate of drug-likeness (QED) is 0.801. The molecule has 0 bridgehead atoms. The number of ether oxygens (including phenoxy) is 1. The van der Waals surface area contributed by atoms with Crippen LogP contribution in [0.2, 0.25) is 0 Å². The maximum atomic E-state index is 12.9. The van der Waals surface area contributed by atoms with Crippen LogP contribution in [0.1, 0.15) is 47.7 Å². The zero-order valence-corrected chi connectivity index (χ0v) is 16.2. The van der Waals surface area contributed by atoms with E-state index in [1.54, 1.807) is 12.1 Å². The predicted octanol–water partition coefficient (Wildman–Crippen LogP) is 3.51. The van der Waals surface area contributed by atoms with E-state index in [9.17, 15) is 9.59 Å². The molecule has 2 rings (SSSR count). The third-order valence-corrected chi connectivity index (χ3v) is 5.91. The number of thioether (sulfide) groups is 1. The third kappa shape index (κ3) is 4.91. The highest BCUT2D eigenvalue weighted by Gasteiger charge is 2.30. The molecule has 0 aromatic heterocycles. The van der Waals surface area contributed by atoms with Gasteiger partial charge in [0.05, 0.1) is 0 Å². The van der Waals surface area contributed by atoms with Crippen molar-refractivity contribution in [2.45, 2.75) is 51.3 Å². The van der Waals surface area contributed by atoms with Crippen LogP contribution in [0.3, 0.4) is 0 Å². The van der Waals surface area contributed by atoms with Crippen molar-refractivity contribution in [3.63, 3.8) is 0 Å². The SMILES string of the molecule is CCSC1CCC(N(C)C(=O)c2cc(C)c(OCC(=O)O)c(C)c2)C1. The number of hydrogen-bond donors (Lipinski definition) is 1. The lowest BCUT2D eigenvalue weighted by Gasteiger charge is -2.25. The van der Waals surface area contributed by atoms with Gasteiger partial charge in [0.2, 0.25) is 0 Å². The number of aliphatic carboxylic acids is 1. The van der Waals surface area contributed by atoms with Gasteiger partial charge in [0.25, 0.3) is 5.91 Å². The standard InChI is InChI=1S/C19H27NO4S/c1-5-25-16-7-6-15(10-16)20(4)19(23)14-8-12(2)18(13(3)9-14)24-11-17(21)22/h8-9,15-16H,5-7,10-11H2,1-4H3,(H,21,22). The first-order chi connectivity index (χ1) is 11.8. The van der Waals surface area contributed by atoms with Gasteiger partial charge in [-0.3, -0.25) is 4.79 Å². The van der Waals surface area contributed by atoms with E-state index in [1.165, 1.54) is 6.42 Å². The molecule has 2 unspecified atom stereocenters. The largest absolute Gasteiger partial charge is 0.481 e. The number of benzene rings is 1. The first-order valence-corrected chi connectivity index (χ1v) is 9.73. The number of rotatable bonds is 7. The summed E-state index contributed by atoms with van der Waals surface area (Å²) in [6.07, 6.45) is 3.27. The molecular weight excluding hydrogens is 338 g/mol. The van der Waals surface area contributed by atoms with Crippen molar-refractivity contribution in [3.8, 4) is 5.75 Å². The minimum atomic E-state index is -1.01. The minimum Gasteiger partial charge on any atom is -0.481 e. The second-order valence-corrected chi connectivity index (χ2v) is 8.16. The fourth-order valence-electron chi connectivity index (χ4n) is 3.46. The fraction of sp³-hybridized carbons (Fsp3) is 0.579. The Kier molecular flexibility index (Phi) is 6.76. The van der Waals surface area contributed by atoms with Gasteiger partial charge < -0.3 is 14.7 Å². The number of nitrogens with zero attached hydrogens (tertiary/aromatic N) is 1. The zero-order chi connectivity index (χ0) is 18.6. The molecule has 1 aromatic carbocycles. The highest BCUT2D eigenvalue weighted by Crippen LogP contribution is 2.33. The maximum Gasteiger partial charge on any atom is 0.341 e. The maximum absolute atomic E-state index is 12.9. The number of carbonyl (C=O) groups excluding carboxylic acids is 1. The Labute approximate surface area is 153 Å². The average molecular weight is 365 g/mol. The van der Waals surface area contributed by atoms with E-state index in [0.717, 1.165) is 29.7 Å². The Morgan fingerprint density at radius 3 is 2.48 bits per heavy atom. The van der Waals surface area contributed by atoms with Gasteiger partial charge >= 0.3 is 5.97 Å². The molecule has 25 heavy (non-hydrogen) atoms. The van der Waals surface area contributed by atoms with Crippen LogP contribution in [-0.4, -0.2) is 52.6 Å². The minimum absolute atomic E-state index is 0.0168. The highest BCUT2D eigenvalue weighted by atomic mass is 32.2. The topological polar surface area (TPSA) is 66.8 Å². The Morgan fingerprint density at radius 2 is 1.92 bits per heavy atom. The van der Waals surface area contributed by atoms with Gasteiger partial charge in [-0.2, -0.15) is 11.8 Å². The fourth-order valence-corrected chi connectivity index (χ4v) is 4.59. The van der Waals surface area contributed by atoms with Crippen molar-refractivity contribution in [3.05, 3.63) is 28.8 Å². The number of amides is 1. The van der Waals surface area contributed by atoms with Crippen molar-refractivity contribution in [2.24, 2.45) is 0 Å². The summed E-state index contributed by atoms with van der Waals surface area (Å²) in [6.45, 7) is 5.47. The molecule has 1 aliphatic rings. The number of carbonyl (C=O) groups is 2. The lowest BCUT2D eigenvalue weighted by atomic mass is 10.0. The molecule has 5 nitrogen and oxygen atoms in total. The van der Waals surface area contributed by atoms with Crippen LogP contribution >= 0.6 is 11.8 Å². The predicted molar refractivity (Wildman–Crippen MR) is 101 cm³/mol. The van der Waals surface area contributed by atoms with Gasteiger partial charge in [-0.05, 0) is 62.1 Å². The zero-order valence-electron chi connectivity index (χ0n) is 15.4. The van der Waals surface area contributed by atoms with E-state index in [2.05, 4.69) is 6.92 Å². The van der Waals surface area contributed by atoms with Crippen LogP contribution in [0.25, 0.3) is 0 Å². The summed E-state index contributed by atoms with van der Waals surface area (Å²) in [7, 11) is 1.88. The molecular formula is C19H27NO4S. The average Bonchev–Trinajstić information content (AvgIpc) is 3.01. The molecule has 138 valence electrons. The van der Waals surface area contributed by atoms with Crippen molar-refractivity contribution in [2.75, 3.05) is 19.4 Å². The van der Waals surface area contributed by atoms with Crippen LogP contribution in [0, 0.1) is 13.8 Å². The second-order valence-electron chi connectivity index (χ2n) is 6.58. The van der Waals surface area contributed by atoms with E-state index >= 15 is 0 Å². The molecule has 6 heteroatoms. The first kappa shape index (κ1) is 19.6. The molecule has 0 heterocycles. The summed E-state index contributed by atoms with van der Waals surface area (Å²) in [5, 5.41) is 9.42. The summed E-state index contributed by atoms with van der Waals surface area (Å²) in [5.74, 6) is 0.662. The molecule has 2 atom stereocenters. The van der Waals surface area contributed by atoms with E-state index in [1.807, 2.05) is 37.6 Å². The van der Waals surface area contributed by atoms with Crippen LogP contribution in [-0.2, 0) is 4.79 Å². The molecule has 1 aromatic rings. The molecule has 0 saturated heterocycles.